The van der Waals surface area contributed by atoms with Crippen LogP contribution in [0.4, 0.5) is 5.69 Å². The molecule has 5 heteroatoms. The molecule has 0 radical (unpaired) electrons. The van der Waals surface area contributed by atoms with Gasteiger partial charge in [-0.2, -0.15) is 0 Å². The highest BCUT2D eigenvalue weighted by Gasteiger charge is 2.12. The van der Waals surface area contributed by atoms with Crippen LogP contribution in [0.25, 0.3) is 0 Å². The summed E-state index contributed by atoms with van der Waals surface area (Å²) >= 11 is 0. The number of hydrogen-bond acceptors (Lipinski definition) is 3. The summed E-state index contributed by atoms with van der Waals surface area (Å²) in [5, 5.41) is 5.75. The zero-order chi connectivity index (χ0) is 21.5. The number of rotatable bonds is 7. The van der Waals surface area contributed by atoms with E-state index in [9.17, 15) is 9.59 Å². The molecule has 0 fully saturated rings. The third kappa shape index (κ3) is 5.70. The van der Waals surface area contributed by atoms with Crippen LogP contribution in [0, 0.1) is 13.8 Å². The van der Waals surface area contributed by atoms with Gasteiger partial charge in [0.15, 0.2) is 6.61 Å². The molecule has 2 amide bonds. The molecule has 0 aliphatic heterocycles. The van der Waals surface area contributed by atoms with Crippen LogP contribution >= 0.6 is 0 Å². The third-order valence-electron chi connectivity index (χ3n) is 4.90. The zero-order valence-corrected chi connectivity index (χ0v) is 17.4. The van der Waals surface area contributed by atoms with Gasteiger partial charge in [0, 0.05) is 11.3 Å². The van der Waals surface area contributed by atoms with Crippen molar-refractivity contribution in [1.29, 1.82) is 0 Å². The molecule has 3 aromatic carbocycles. The lowest BCUT2D eigenvalue weighted by Gasteiger charge is -2.15. The molecule has 2 N–H and O–H groups in total. The number of ether oxygens (including phenoxy) is 1. The van der Waals surface area contributed by atoms with E-state index in [1.807, 2.05) is 69.3 Å². The predicted molar refractivity (Wildman–Crippen MR) is 119 cm³/mol. The Morgan fingerprint density at radius 3 is 2.40 bits per heavy atom. The van der Waals surface area contributed by atoms with Gasteiger partial charge in [0.05, 0.1) is 6.04 Å². The summed E-state index contributed by atoms with van der Waals surface area (Å²) in [5.74, 6) is 0.161. The quantitative estimate of drug-likeness (QED) is 0.596. The van der Waals surface area contributed by atoms with E-state index in [4.69, 9.17) is 4.74 Å². The van der Waals surface area contributed by atoms with Crippen molar-refractivity contribution < 1.29 is 14.3 Å². The Kier molecular flexibility index (Phi) is 6.86. The van der Waals surface area contributed by atoms with Crippen molar-refractivity contribution in [3.63, 3.8) is 0 Å². The molecule has 1 unspecified atom stereocenters. The number of hydrogen-bond donors (Lipinski definition) is 2. The summed E-state index contributed by atoms with van der Waals surface area (Å²) in [6.07, 6.45) is 0. The first-order valence-corrected chi connectivity index (χ1v) is 9.88. The van der Waals surface area contributed by atoms with Gasteiger partial charge in [-0.1, -0.05) is 42.5 Å². The van der Waals surface area contributed by atoms with E-state index in [0.717, 1.165) is 11.1 Å². The maximum Gasteiger partial charge on any atom is 0.262 e. The van der Waals surface area contributed by atoms with Gasteiger partial charge in [0.1, 0.15) is 5.75 Å². The van der Waals surface area contributed by atoms with Crippen LogP contribution < -0.4 is 15.4 Å². The topological polar surface area (TPSA) is 67.4 Å². The first-order valence-electron chi connectivity index (χ1n) is 9.88. The molecule has 0 aliphatic carbocycles. The summed E-state index contributed by atoms with van der Waals surface area (Å²) in [6, 6.07) is 22.2. The molecule has 3 aromatic rings. The van der Waals surface area contributed by atoms with Crippen molar-refractivity contribution in [1.82, 2.24) is 5.32 Å². The molecule has 0 spiro atoms. The first-order chi connectivity index (χ1) is 14.4. The van der Waals surface area contributed by atoms with Crippen LogP contribution in [0.15, 0.2) is 72.8 Å². The minimum Gasteiger partial charge on any atom is -0.484 e. The Labute approximate surface area is 177 Å². The predicted octanol–water partition coefficient (Wildman–Crippen LogP) is 4.81. The fourth-order valence-corrected chi connectivity index (χ4v) is 2.99. The molecule has 3 rings (SSSR count). The lowest BCUT2D eigenvalue weighted by molar-refractivity contribution is -0.118. The number of amides is 2. The second-order valence-corrected chi connectivity index (χ2v) is 7.27. The molecular weight excluding hydrogens is 376 g/mol. The maximum absolute atomic E-state index is 12.6. The van der Waals surface area contributed by atoms with Crippen molar-refractivity contribution in [3.05, 3.63) is 95.1 Å². The number of benzene rings is 3. The SMILES string of the molecule is Cc1ccc(OCC(=O)Nc2cccc(C(=O)NC(C)c3ccccc3)c2)cc1C. The van der Waals surface area contributed by atoms with Gasteiger partial charge >= 0.3 is 0 Å². The van der Waals surface area contributed by atoms with E-state index >= 15 is 0 Å². The monoisotopic (exact) mass is 402 g/mol. The summed E-state index contributed by atoms with van der Waals surface area (Å²) in [6.45, 7) is 5.85. The Morgan fingerprint density at radius 2 is 1.67 bits per heavy atom. The fourth-order valence-electron chi connectivity index (χ4n) is 2.99. The summed E-state index contributed by atoms with van der Waals surface area (Å²) in [7, 11) is 0. The summed E-state index contributed by atoms with van der Waals surface area (Å²) in [4.78, 5) is 24.8. The van der Waals surface area contributed by atoms with E-state index in [0.29, 0.717) is 17.0 Å². The Balaban J connectivity index is 1.57. The van der Waals surface area contributed by atoms with Crippen molar-refractivity contribution in [2.75, 3.05) is 11.9 Å². The van der Waals surface area contributed by atoms with E-state index in [-0.39, 0.29) is 24.5 Å². The molecule has 0 aromatic heterocycles. The van der Waals surface area contributed by atoms with Gasteiger partial charge in [-0.25, -0.2) is 0 Å². The molecule has 0 saturated heterocycles. The van der Waals surface area contributed by atoms with Crippen molar-refractivity contribution in [2.24, 2.45) is 0 Å². The highest BCUT2D eigenvalue weighted by molar-refractivity contribution is 5.97. The molecule has 0 bridgehead atoms. The minimum absolute atomic E-state index is 0.107. The first kappa shape index (κ1) is 21.1. The average Bonchev–Trinajstić information content (AvgIpc) is 2.75. The van der Waals surface area contributed by atoms with E-state index in [1.165, 1.54) is 5.56 Å². The molecule has 0 saturated carbocycles. The molecule has 1 atom stereocenters. The average molecular weight is 402 g/mol. The molecule has 154 valence electrons. The van der Waals surface area contributed by atoms with Gasteiger partial charge < -0.3 is 15.4 Å². The fraction of sp³-hybridized carbons (Fsp3) is 0.200. The highest BCUT2D eigenvalue weighted by Crippen LogP contribution is 2.17. The molecule has 0 heterocycles. The largest absolute Gasteiger partial charge is 0.484 e. The third-order valence-corrected chi connectivity index (χ3v) is 4.90. The van der Waals surface area contributed by atoms with Gasteiger partial charge in [0.25, 0.3) is 11.8 Å². The maximum atomic E-state index is 12.6. The lowest BCUT2D eigenvalue weighted by Crippen LogP contribution is -2.27. The minimum atomic E-state index is -0.288. The Hall–Kier alpha value is -3.60. The van der Waals surface area contributed by atoms with Crippen LogP contribution in [0.1, 0.15) is 40.0 Å². The second kappa shape index (κ2) is 9.74. The van der Waals surface area contributed by atoms with Crippen LogP contribution in [-0.2, 0) is 4.79 Å². The highest BCUT2D eigenvalue weighted by atomic mass is 16.5. The van der Waals surface area contributed by atoms with Crippen LogP contribution in [-0.4, -0.2) is 18.4 Å². The van der Waals surface area contributed by atoms with Crippen LogP contribution in [0.3, 0.4) is 0 Å². The van der Waals surface area contributed by atoms with E-state index in [1.54, 1.807) is 24.3 Å². The van der Waals surface area contributed by atoms with Gasteiger partial charge in [-0.15, -0.1) is 0 Å². The normalized spacial score (nSPS) is 11.4. The van der Waals surface area contributed by atoms with Crippen molar-refractivity contribution in [2.45, 2.75) is 26.8 Å². The summed E-state index contributed by atoms with van der Waals surface area (Å²) < 4.78 is 5.56. The molecule has 5 nitrogen and oxygen atoms in total. The number of carbonyl (C=O) groups is 2. The van der Waals surface area contributed by atoms with Crippen LogP contribution in [0.2, 0.25) is 0 Å². The van der Waals surface area contributed by atoms with Gasteiger partial charge in [0.2, 0.25) is 0 Å². The van der Waals surface area contributed by atoms with E-state index < -0.39 is 0 Å². The molecule has 30 heavy (non-hydrogen) atoms. The lowest BCUT2D eigenvalue weighted by atomic mass is 10.1. The Morgan fingerprint density at radius 1 is 0.900 bits per heavy atom. The number of aryl methyl sites for hydroxylation is 2. The molecular formula is C25H26N2O3. The molecule has 0 aliphatic rings. The van der Waals surface area contributed by atoms with Gasteiger partial charge in [-0.05, 0) is 67.8 Å². The zero-order valence-electron chi connectivity index (χ0n) is 17.4. The summed E-state index contributed by atoms with van der Waals surface area (Å²) in [5.41, 5.74) is 4.33. The van der Waals surface area contributed by atoms with Crippen molar-refractivity contribution in [3.8, 4) is 5.75 Å². The Bertz CT molecular complexity index is 1030. The van der Waals surface area contributed by atoms with E-state index in [2.05, 4.69) is 10.6 Å². The van der Waals surface area contributed by atoms with Gasteiger partial charge in [-0.3, -0.25) is 9.59 Å². The van der Waals surface area contributed by atoms with Crippen LogP contribution in [0.5, 0.6) is 5.75 Å². The second-order valence-electron chi connectivity index (χ2n) is 7.27. The van der Waals surface area contributed by atoms with Crippen molar-refractivity contribution >= 4 is 17.5 Å². The standard InChI is InChI=1S/C25H26N2O3/c1-17-12-13-23(14-18(17)2)30-16-24(28)27-22-11-7-10-21(15-22)25(29)26-19(3)20-8-5-4-6-9-20/h4-15,19H,16H2,1-3H3,(H,26,29)(H,27,28). The number of nitrogens with one attached hydrogen (secondary N) is 2. The smallest absolute Gasteiger partial charge is 0.262 e. The number of carbonyl (C=O) groups excluding carboxylic acids is 2. The number of anilines is 1.